The molecule has 0 spiro atoms. The van der Waals surface area contributed by atoms with E-state index in [0.717, 1.165) is 11.1 Å². The smallest absolute Gasteiger partial charge is 0.166 e. The molecule has 1 N–H and O–H groups in total. The first-order valence-electron chi connectivity index (χ1n) is 8.49. The Labute approximate surface area is 162 Å². The van der Waals surface area contributed by atoms with E-state index in [1.165, 1.54) is 12.1 Å². The van der Waals surface area contributed by atoms with Crippen LogP contribution in [0.3, 0.4) is 0 Å². The van der Waals surface area contributed by atoms with Gasteiger partial charge >= 0.3 is 0 Å². The highest BCUT2D eigenvalue weighted by atomic mass is 35.5. The lowest BCUT2D eigenvalue weighted by Gasteiger charge is -2.16. The zero-order valence-electron chi connectivity index (χ0n) is 14.9. The van der Waals surface area contributed by atoms with Gasteiger partial charge < -0.3 is 14.8 Å². The minimum Gasteiger partial charge on any atom is -0.493 e. The topological polar surface area (TPSA) is 43.4 Å². The zero-order valence-corrected chi connectivity index (χ0v) is 15.7. The molecule has 0 aliphatic rings. The fourth-order valence-electron chi connectivity index (χ4n) is 2.66. The number of pyridine rings is 1. The first-order chi connectivity index (χ1) is 13.2. The highest BCUT2D eigenvalue weighted by Crippen LogP contribution is 2.32. The van der Waals surface area contributed by atoms with E-state index in [2.05, 4.69) is 10.3 Å². The second kappa shape index (κ2) is 9.35. The Hall–Kier alpha value is -2.63. The van der Waals surface area contributed by atoms with Crippen molar-refractivity contribution in [1.82, 2.24) is 10.3 Å². The number of para-hydroxylation sites is 1. The van der Waals surface area contributed by atoms with Crippen LogP contribution < -0.4 is 14.8 Å². The van der Waals surface area contributed by atoms with E-state index >= 15 is 0 Å². The average molecular weight is 387 g/mol. The van der Waals surface area contributed by atoms with E-state index < -0.39 is 0 Å². The number of hydrogen-bond donors (Lipinski definition) is 1. The minimum atomic E-state index is -0.374. The highest BCUT2D eigenvalue weighted by Gasteiger charge is 2.12. The Bertz CT molecular complexity index is 891. The van der Waals surface area contributed by atoms with Crippen LogP contribution in [0.4, 0.5) is 4.39 Å². The van der Waals surface area contributed by atoms with Crippen molar-refractivity contribution >= 4 is 11.6 Å². The first-order valence-corrected chi connectivity index (χ1v) is 8.87. The second-order valence-corrected chi connectivity index (χ2v) is 6.34. The van der Waals surface area contributed by atoms with Crippen molar-refractivity contribution in [3.05, 3.63) is 88.5 Å². The van der Waals surface area contributed by atoms with Gasteiger partial charge in [-0.05, 0) is 29.8 Å². The van der Waals surface area contributed by atoms with Crippen LogP contribution in [0.2, 0.25) is 5.02 Å². The minimum absolute atomic E-state index is 0.217. The molecule has 0 aliphatic heterocycles. The van der Waals surface area contributed by atoms with Gasteiger partial charge in [0.15, 0.2) is 11.5 Å². The van der Waals surface area contributed by atoms with E-state index in [0.29, 0.717) is 35.2 Å². The van der Waals surface area contributed by atoms with Crippen LogP contribution in [-0.4, -0.2) is 12.1 Å². The van der Waals surface area contributed by atoms with Gasteiger partial charge in [-0.3, -0.25) is 4.98 Å². The number of hydrogen-bond acceptors (Lipinski definition) is 4. The van der Waals surface area contributed by atoms with Crippen molar-refractivity contribution in [1.29, 1.82) is 0 Å². The second-order valence-electron chi connectivity index (χ2n) is 5.94. The lowest BCUT2D eigenvalue weighted by atomic mass is 10.1. The Balaban J connectivity index is 1.71. The van der Waals surface area contributed by atoms with Crippen LogP contribution in [0, 0.1) is 5.82 Å². The summed E-state index contributed by atoms with van der Waals surface area (Å²) in [6, 6.07) is 13.9. The molecular weight excluding hydrogens is 367 g/mol. The predicted molar refractivity (Wildman–Crippen MR) is 104 cm³/mol. The summed E-state index contributed by atoms with van der Waals surface area (Å²) in [5.41, 5.74) is 2.76. The van der Waals surface area contributed by atoms with Crippen LogP contribution in [0.25, 0.3) is 0 Å². The van der Waals surface area contributed by atoms with Crippen molar-refractivity contribution in [2.24, 2.45) is 0 Å². The van der Waals surface area contributed by atoms with Gasteiger partial charge in [0.05, 0.1) is 12.1 Å². The summed E-state index contributed by atoms with van der Waals surface area (Å²) < 4.78 is 24.6. The van der Waals surface area contributed by atoms with Crippen molar-refractivity contribution in [3.8, 4) is 11.5 Å². The number of aromatic nitrogens is 1. The molecule has 0 atom stereocenters. The molecule has 0 fully saturated rings. The lowest BCUT2D eigenvalue weighted by molar-refractivity contribution is 0.280. The van der Waals surface area contributed by atoms with Gasteiger partial charge in [0.25, 0.3) is 0 Å². The third-order valence-corrected chi connectivity index (χ3v) is 4.39. The Morgan fingerprint density at radius 1 is 1.07 bits per heavy atom. The molecule has 140 valence electrons. The maximum absolute atomic E-state index is 13.2. The molecule has 1 heterocycles. The lowest BCUT2D eigenvalue weighted by Crippen LogP contribution is -2.14. The number of benzene rings is 2. The van der Waals surface area contributed by atoms with Crippen LogP contribution in [0.1, 0.15) is 16.7 Å². The average Bonchev–Trinajstić information content (AvgIpc) is 2.68. The number of methoxy groups -OCH3 is 1. The standard InChI is InChI=1S/C21H20ClFN2O2/c1-26-20-6-2-5-16(13-25-12-15-4-3-9-24-11-15)21(20)27-14-17-7-8-18(23)10-19(17)22/h2-11,25H,12-14H2,1H3. The Morgan fingerprint density at radius 3 is 2.70 bits per heavy atom. The normalized spacial score (nSPS) is 10.6. The molecule has 0 unspecified atom stereocenters. The number of ether oxygens (including phenoxy) is 2. The SMILES string of the molecule is COc1cccc(CNCc2cccnc2)c1OCc1ccc(F)cc1Cl. The Morgan fingerprint density at radius 2 is 1.96 bits per heavy atom. The first kappa shape index (κ1) is 19.1. The fourth-order valence-corrected chi connectivity index (χ4v) is 2.88. The van der Waals surface area contributed by atoms with Crippen LogP contribution in [0.5, 0.6) is 11.5 Å². The van der Waals surface area contributed by atoms with E-state index in [4.69, 9.17) is 21.1 Å². The molecule has 0 radical (unpaired) electrons. The maximum Gasteiger partial charge on any atom is 0.166 e. The highest BCUT2D eigenvalue weighted by molar-refractivity contribution is 6.31. The zero-order chi connectivity index (χ0) is 19.1. The molecule has 0 saturated heterocycles. The van der Waals surface area contributed by atoms with Crippen molar-refractivity contribution < 1.29 is 13.9 Å². The van der Waals surface area contributed by atoms with Crippen molar-refractivity contribution in [2.45, 2.75) is 19.7 Å². The third-order valence-electron chi connectivity index (χ3n) is 4.03. The molecule has 0 bridgehead atoms. The molecule has 27 heavy (non-hydrogen) atoms. The molecule has 1 aromatic heterocycles. The van der Waals surface area contributed by atoms with Gasteiger partial charge in [-0.25, -0.2) is 4.39 Å². The van der Waals surface area contributed by atoms with E-state index in [9.17, 15) is 4.39 Å². The van der Waals surface area contributed by atoms with Crippen molar-refractivity contribution in [3.63, 3.8) is 0 Å². The molecule has 0 amide bonds. The van der Waals surface area contributed by atoms with E-state index in [1.807, 2.05) is 36.5 Å². The molecule has 6 heteroatoms. The monoisotopic (exact) mass is 386 g/mol. The third kappa shape index (κ3) is 5.18. The van der Waals surface area contributed by atoms with Gasteiger partial charge in [-0.1, -0.05) is 35.9 Å². The number of nitrogens with zero attached hydrogens (tertiary/aromatic N) is 1. The van der Waals surface area contributed by atoms with E-state index in [1.54, 1.807) is 19.4 Å². The molecule has 0 saturated carbocycles. The number of halogens is 2. The van der Waals surface area contributed by atoms with Crippen molar-refractivity contribution in [2.75, 3.05) is 7.11 Å². The summed E-state index contributed by atoms with van der Waals surface area (Å²) in [7, 11) is 1.60. The maximum atomic E-state index is 13.2. The van der Waals surface area contributed by atoms with Gasteiger partial charge in [-0.15, -0.1) is 0 Å². The fraction of sp³-hybridized carbons (Fsp3) is 0.190. The van der Waals surface area contributed by atoms with Gasteiger partial charge in [0.1, 0.15) is 12.4 Å². The summed E-state index contributed by atoms with van der Waals surface area (Å²) in [6.07, 6.45) is 3.57. The van der Waals surface area contributed by atoms with Gasteiger partial charge in [-0.2, -0.15) is 0 Å². The van der Waals surface area contributed by atoms with Gasteiger partial charge in [0, 0.05) is 36.6 Å². The summed E-state index contributed by atoms with van der Waals surface area (Å²) >= 11 is 6.09. The number of rotatable bonds is 8. The summed E-state index contributed by atoms with van der Waals surface area (Å²) in [5.74, 6) is 0.898. The van der Waals surface area contributed by atoms with E-state index in [-0.39, 0.29) is 12.4 Å². The molecule has 4 nitrogen and oxygen atoms in total. The molecule has 2 aromatic carbocycles. The van der Waals surface area contributed by atoms with Crippen LogP contribution >= 0.6 is 11.6 Å². The summed E-state index contributed by atoms with van der Waals surface area (Å²) in [4.78, 5) is 4.11. The summed E-state index contributed by atoms with van der Waals surface area (Å²) in [5, 5.41) is 3.71. The van der Waals surface area contributed by atoms with Gasteiger partial charge in [0.2, 0.25) is 0 Å². The summed E-state index contributed by atoms with van der Waals surface area (Å²) in [6.45, 7) is 1.50. The quantitative estimate of drug-likeness (QED) is 0.606. The predicted octanol–water partition coefficient (Wildman–Crippen LogP) is 4.75. The molecule has 3 rings (SSSR count). The Kier molecular flexibility index (Phi) is 6.63. The molecule has 3 aromatic rings. The molecule has 0 aliphatic carbocycles. The molecular formula is C21H20ClFN2O2. The van der Waals surface area contributed by atoms with Crippen LogP contribution in [-0.2, 0) is 19.7 Å². The van der Waals surface area contributed by atoms with Crippen LogP contribution in [0.15, 0.2) is 60.9 Å². The largest absolute Gasteiger partial charge is 0.493 e. The number of nitrogens with one attached hydrogen (secondary N) is 1.